The minimum absolute atomic E-state index is 0.876. The summed E-state index contributed by atoms with van der Waals surface area (Å²) in [6, 6.07) is 0. The molecule has 0 unspecified atom stereocenters. The van der Waals surface area contributed by atoms with E-state index in [1.54, 1.807) is 6.08 Å². The molecule has 0 saturated heterocycles. The van der Waals surface area contributed by atoms with E-state index in [1.807, 2.05) is 6.08 Å². The van der Waals surface area contributed by atoms with Gasteiger partial charge >= 0.3 is 5.97 Å². The van der Waals surface area contributed by atoms with E-state index in [9.17, 15) is 4.79 Å². The molecule has 0 heterocycles. The van der Waals surface area contributed by atoms with Gasteiger partial charge in [0.05, 0.1) is 0 Å². The monoisotopic (exact) mass is 306 g/mol. The summed E-state index contributed by atoms with van der Waals surface area (Å²) in [5, 5.41) is 8.51. The van der Waals surface area contributed by atoms with Crippen LogP contribution in [0.1, 0.15) is 84.0 Å². The smallest absolute Gasteiger partial charge is 0.328 e. The van der Waals surface area contributed by atoms with Crippen molar-refractivity contribution in [2.24, 2.45) is 11.8 Å². The van der Waals surface area contributed by atoms with E-state index in [0.717, 1.165) is 18.3 Å². The van der Waals surface area contributed by atoms with Crippen LogP contribution in [0, 0.1) is 11.8 Å². The Labute approximate surface area is 136 Å². The van der Waals surface area contributed by atoms with E-state index in [-0.39, 0.29) is 0 Å². The van der Waals surface area contributed by atoms with Crippen molar-refractivity contribution in [1.29, 1.82) is 0 Å². The molecule has 0 spiro atoms. The third-order valence-corrected chi connectivity index (χ3v) is 4.94. The summed E-state index contributed by atoms with van der Waals surface area (Å²) in [6.07, 6.45) is 23.2. The number of allylic oxidation sites excluding steroid dienone is 3. The van der Waals surface area contributed by atoms with E-state index in [1.165, 1.54) is 76.7 Å². The Balaban J connectivity index is 2.11. The van der Waals surface area contributed by atoms with Gasteiger partial charge in [0.25, 0.3) is 0 Å². The Morgan fingerprint density at radius 1 is 1.00 bits per heavy atom. The van der Waals surface area contributed by atoms with Gasteiger partial charge < -0.3 is 5.11 Å². The molecule has 1 aliphatic rings. The molecule has 0 aliphatic heterocycles. The molecule has 1 N–H and O–H groups in total. The van der Waals surface area contributed by atoms with Crippen LogP contribution in [0.2, 0.25) is 0 Å². The zero-order valence-corrected chi connectivity index (χ0v) is 14.3. The van der Waals surface area contributed by atoms with Crippen molar-refractivity contribution in [1.82, 2.24) is 0 Å². The molecule has 126 valence electrons. The Bertz CT molecular complexity index is 344. The molecule has 1 aliphatic carbocycles. The molecule has 0 aromatic rings. The maximum atomic E-state index is 10.3. The SMILES string of the molecule is CCCCCCCC[C@H]1CCC[C@@H]1CC/C=C/C=C\C(=O)O. The first kappa shape index (κ1) is 19.0. The van der Waals surface area contributed by atoms with Crippen molar-refractivity contribution < 1.29 is 9.90 Å². The lowest BCUT2D eigenvalue weighted by molar-refractivity contribution is -0.131. The maximum absolute atomic E-state index is 10.3. The van der Waals surface area contributed by atoms with Gasteiger partial charge in [-0.1, -0.05) is 89.4 Å². The second-order valence-corrected chi connectivity index (χ2v) is 6.71. The second-order valence-electron chi connectivity index (χ2n) is 6.71. The minimum Gasteiger partial charge on any atom is -0.478 e. The normalized spacial score (nSPS) is 22.0. The molecule has 2 heteroatoms. The molecule has 1 saturated carbocycles. The summed E-state index contributed by atoms with van der Waals surface area (Å²) in [5.74, 6) is 0.984. The second kappa shape index (κ2) is 12.5. The van der Waals surface area contributed by atoms with Crippen molar-refractivity contribution in [3.05, 3.63) is 24.3 Å². The van der Waals surface area contributed by atoms with Crippen LogP contribution < -0.4 is 0 Å². The van der Waals surface area contributed by atoms with Crippen LogP contribution in [0.15, 0.2) is 24.3 Å². The van der Waals surface area contributed by atoms with Crippen molar-refractivity contribution in [2.45, 2.75) is 84.0 Å². The van der Waals surface area contributed by atoms with E-state index in [2.05, 4.69) is 13.0 Å². The maximum Gasteiger partial charge on any atom is 0.328 e. The fourth-order valence-electron chi connectivity index (χ4n) is 3.68. The van der Waals surface area contributed by atoms with E-state index in [4.69, 9.17) is 5.11 Å². The highest BCUT2D eigenvalue weighted by molar-refractivity contribution is 5.80. The highest BCUT2D eigenvalue weighted by atomic mass is 16.4. The zero-order chi connectivity index (χ0) is 16.0. The van der Waals surface area contributed by atoms with Gasteiger partial charge in [-0.3, -0.25) is 0 Å². The average molecular weight is 306 g/mol. The third-order valence-electron chi connectivity index (χ3n) is 4.94. The standard InChI is InChI=1S/C20H34O2/c1-2-3-4-5-6-9-13-18-15-12-16-19(18)14-10-7-8-11-17-20(21)22/h7-8,11,17-19H,2-6,9-10,12-16H2,1H3,(H,21,22)/b8-7+,17-11-/t18-,19-/m0/s1. The van der Waals surface area contributed by atoms with Gasteiger partial charge in [-0.05, 0) is 24.7 Å². The minimum atomic E-state index is -0.876. The van der Waals surface area contributed by atoms with Crippen LogP contribution in [-0.2, 0) is 4.79 Å². The summed E-state index contributed by atoms with van der Waals surface area (Å²) in [5.41, 5.74) is 0. The number of unbranched alkanes of at least 4 members (excludes halogenated alkanes) is 5. The van der Waals surface area contributed by atoms with Crippen LogP contribution in [0.4, 0.5) is 0 Å². The first-order valence-electron chi connectivity index (χ1n) is 9.30. The summed E-state index contributed by atoms with van der Waals surface area (Å²) in [6.45, 7) is 2.27. The van der Waals surface area contributed by atoms with Crippen LogP contribution in [0.5, 0.6) is 0 Å². The molecule has 2 atom stereocenters. The first-order chi connectivity index (χ1) is 10.7. The Hall–Kier alpha value is -1.05. The topological polar surface area (TPSA) is 37.3 Å². The number of aliphatic carboxylic acids is 1. The summed E-state index contributed by atoms with van der Waals surface area (Å²) < 4.78 is 0. The highest BCUT2D eigenvalue weighted by Gasteiger charge is 2.25. The molecule has 0 bridgehead atoms. The van der Waals surface area contributed by atoms with Crippen LogP contribution in [0.3, 0.4) is 0 Å². The number of carboxylic acids is 1. The molecule has 0 amide bonds. The first-order valence-corrected chi connectivity index (χ1v) is 9.30. The lowest BCUT2D eigenvalue weighted by atomic mass is 9.87. The fraction of sp³-hybridized carbons (Fsp3) is 0.750. The molecule has 1 rings (SSSR count). The number of carboxylic acid groups (broad SMARTS) is 1. The van der Waals surface area contributed by atoms with E-state index < -0.39 is 5.97 Å². The predicted molar refractivity (Wildman–Crippen MR) is 94.0 cm³/mol. The molecule has 2 nitrogen and oxygen atoms in total. The van der Waals surface area contributed by atoms with Crippen molar-refractivity contribution in [3.8, 4) is 0 Å². The number of rotatable bonds is 12. The van der Waals surface area contributed by atoms with Gasteiger partial charge in [-0.25, -0.2) is 4.79 Å². The Morgan fingerprint density at radius 2 is 1.68 bits per heavy atom. The lowest BCUT2D eigenvalue weighted by Gasteiger charge is -2.18. The molecule has 22 heavy (non-hydrogen) atoms. The van der Waals surface area contributed by atoms with Crippen molar-refractivity contribution >= 4 is 5.97 Å². The molecular weight excluding hydrogens is 272 g/mol. The van der Waals surface area contributed by atoms with Crippen LogP contribution >= 0.6 is 0 Å². The lowest BCUT2D eigenvalue weighted by Crippen LogP contribution is -2.07. The largest absolute Gasteiger partial charge is 0.478 e. The van der Waals surface area contributed by atoms with Crippen LogP contribution in [0.25, 0.3) is 0 Å². The zero-order valence-electron chi connectivity index (χ0n) is 14.3. The van der Waals surface area contributed by atoms with Gasteiger partial charge in [0.2, 0.25) is 0 Å². The molecule has 0 aromatic heterocycles. The Morgan fingerprint density at radius 3 is 2.41 bits per heavy atom. The fourth-order valence-corrected chi connectivity index (χ4v) is 3.68. The van der Waals surface area contributed by atoms with E-state index in [0.29, 0.717) is 0 Å². The molecule has 0 aromatic carbocycles. The van der Waals surface area contributed by atoms with Gasteiger partial charge in [0.15, 0.2) is 0 Å². The summed E-state index contributed by atoms with van der Waals surface area (Å²) >= 11 is 0. The average Bonchev–Trinajstić information content (AvgIpc) is 2.93. The quantitative estimate of drug-likeness (QED) is 0.267. The van der Waals surface area contributed by atoms with Gasteiger partial charge in [0.1, 0.15) is 0 Å². The van der Waals surface area contributed by atoms with E-state index >= 15 is 0 Å². The van der Waals surface area contributed by atoms with Gasteiger partial charge in [-0.15, -0.1) is 0 Å². The third kappa shape index (κ3) is 9.07. The van der Waals surface area contributed by atoms with Crippen LogP contribution in [-0.4, -0.2) is 11.1 Å². The summed E-state index contributed by atoms with van der Waals surface area (Å²) in [4.78, 5) is 10.3. The van der Waals surface area contributed by atoms with Crippen molar-refractivity contribution in [3.63, 3.8) is 0 Å². The van der Waals surface area contributed by atoms with Gasteiger partial charge in [-0.2, -0.15) is 0 Å². The Kier molecular flexibility index (Phi) is 10.8. The van der Waals surface area contributed by atoms with Gasteiger partial charge in [0, 0.05) is 6.08 Å². The predicted octanol–water partition coefficient (Wildman–Crippen LogP) is 6.13. The molecular formula is C20H34O2. The molecule has 1 fully saturated rings. The number of carbonyl (C=O) groups is 1. The molecule has 0 radical (unpaired) electrons. The number of hydrogen-bond acceptors (Lipinski definition) is 1. The number of hydrogen-bond donors (Lipinski definition) is 1. The highest BCUT2D eigenvalue weighted by Crippen LogP contribution is 2.38. The van der Waals surface area contributed by atoms with Crippen molar-refractivity contribution in [2.75, 3.05) is 0 Å². The summed E-state index contributed by atoms with van der Waals surface area (Å²) in [7, 11) is 0.